The number of hydrogen-bond acceptors (Lipinski definition) is 1. The van der Waals surface area contributed by atoms with Crippen molar-refractivity contribution in [2.75, 3.05) is 0 Å². The van der Waals surface area contributed by atoms with Crippen LogP contribution in [0.3, 0.4) is 0 Å². The minimum Gasteiger partial charge on any atom is -0.373 e. The Morgan fingerprint density at radius 2 is 1.42 bits per heavy atom. The highest BCUT2D eigenvalue weighted by Crippen LogP contribution is 2.61. The van der Waals surface area contributed by atoms with Crippen molar-refractivity contribution >= 4 is 0 Å². The van der Waals surface area contributed by atoms with E-state index >= 15 is 0 Å². The molecule has 2 saturated carbocycles. The van der Waals surface area contributed by atoms with Gasteiger partial charge in [-0.05, 0) is 37.0 Å². The number of allylic oxidation sites excluding steroid dienone is 1. The molecule has 0 radical (unpaired) electrons. The maximum absolute atomic E-state index is 12.8. The summed E-state index contributed by atoms with van der Waals surface area (Å²) in [4.78, 5) is 0. The Bertz CT molecular complexity index is 357. The largest absolute Gasteiger partial charge is 0.426 e. The standard InChI is InChI=1S/C12H14F6O/c1-2-6-3-8-4-7(6)5-9(8)10(19,11(13,14)15)12(16,17)18/h2,6-9,19H,1,3-5H2. The zero-order valence-corrected chi connectivity index (χ0v) is 9.93. The first-order chi connectivity index (χ1) is 8.52. The molecular formula is C12H14F6O. The van der Waals surface area contributed by atoms with Gasteiger partial charge < -0.3 is 5.11 Å². The molecule has 0 aromatic heterocycles. The number of halogens is 6. The first kappa shape index (κ1) is 14.7. The molecule has 2 rings (SSSR count). The van der Waals surface area contributed by atoms with E-state index in [2.05, 4.69) is 6.58 Å². The van der Waals surface area contributed by atoms with E-state index in [0.717, 1.165) is 0 Å². The summed E-state index contributed by atoms with van der Waals surface area (Å²) in [6.45, 7) is 3.54. The van der Waals surface area contributed by atoms with E-state index < -0.39 is 29.8 Å². The molecule has 1 nitrogen and oxygen atoms in total. The minimum absolute atomic E-state index is 0.0352. The summed E-state index contributed by atoms with van der Waals surface area (Å²) < 4.78 is 76.6. The number of rotatable bonds is 2. The summed E-state index contributed by atoms with van der Waals surface area (Å²) in [5, 5.41) is 9.39. The van der Waals surface area contributed by atoms with E-state index in [-0.39, 0.29) is 24.7 Å². The van der Waals surface area contributed by atoms with Crippen molar-refractivity contribution in [2.45, 2.75) is 37.2 Å². The van der Waals surface area contributed by atoms with Crippen LogP contribution in [0.15, 0.2) is 12.7 Å². The molecule has 2 fully saturated rings. The van der Waals surface area contributed by atoms with Crippen LogP contribution in [0.4, 0.5) is 26.3 Å². The Labute approximate surface area is 106 Å². The van der Waals surface area contributed by atoms with Crippen molar-refractivity contribution in [1.82, 2.24) is 0 Å². The minimum atomic E-state index is -5.70. The fourth-order valence-electron chi connectivity index (χ4n) is 3.70. The molecule has 2 aliphatic carbocycles. The number of alkyl halides is 6. The average Bonchev–Trinajstić information content (AvgIpc) is 2.83. The summed E-state index contributed by atoms with van der Waals surface area (Å²) in [6.07, 6.45) is -9.53. The second-order valence-electron chi connectivity index (χ2n) is 5.50. The van der Waals surface area contributed by atoms with E-state index in [1.165, 1.54) is 0 Å². The lowest BCUT2D eigenvalue weighted by atomic mass is 9.72. The molecule has 7 heteroatoms. The number of fused-ring (bicyclic) bond motifs is 2. The zero-order valence-electron chi connectivity index (χ0n) is 9.93. The Balaban J connectivity index is 2.32. The molecule has 0 aromatic rings. The van der Waals surface area contributed by atoms with Crippen LogP contribution in [0, 0.1) is 23.7 Å². The van der Waals surface area contributed by atoms with Gasteiger partial charge in [-0.3, -0.25) is 0 Å². The normalized spacial score (nSPS) is 35.7. The molecule has 0 saturated heterocycles. The molecule has 0 heterocycles. The van der Waals surface area contributed by atoms with Gasteiger partial charge in [-0.1, -0.05) is 6.08 Å². The van der Waals surface area contributed by atoms with Crippen LogP contribution < -0.4 is 0 Å². The number of aliphatic hydroxyl groups is 1. The highest BCUT2D eigenvalue weighted by Gasteiger charge is 2.76. The zero-order chi connectivity index (χ0) is 14.6. The topological polar surface area (TPSA) is 20.2 Å². The van der Waals surface area contributed by atoms with Crippen LogP contribution in [-0.2, 0) is 0 Å². The lowest BCUT2D eigenvalue weighted by Gasteiger charge is -2.41. The van der Waals surface area contributed by atoms with E-state index in [1.807, 2.05) is 0 Å². The Morgan fingerprint density at radius 1 is 0.895 bits per heavy atom. The van der Waals surface area contributed by atoms with Crippen LogP contribution in [0.2, 0.25) is 0 Å². The highest BCUT2D eigenvalue weighted by molar-refractivity contribution is 5.10. The predicted molar refractivity (Wildman–Crippen MR) is 55.1 cm³/mol. The van der Waals surface area contributed by atoms with Gasteiger partial charge in [-0.2, -0.15) is 26.3 Å². The third kappa shape index (κ3) is 1.97. The quantitative estimate of drug-likeness (QED) is 0.607. The van der Waals surface area contributed by atoms with Gasteiger partial charge in [0.05, 0.1) is 0 Å². The predicted octanol–water partition coefficient (Wildman–Crippen LogP) is 3.69. The molecule has 2 bridgehead atoms. The summed E-state index contributed by atoms with van der Waals surface area (Å²) in [6, 6.07) is 0. The summed E-state index contributed by atoms with van der Waals surface area (Å²) in [7, 11) is 0. The van der Waals surface area contributed by atoms with Gasteiger partial charge in [0.25, 0.3) is 5.60 Å². The molecule has 0 aliphatic heterocycles. The van der Waals surface area contributed by atoms with Crippen LogP contribution in [-0.4, -0.2) is 23.1 Å². The molecule has 2 aliphatic rings. The fourth-order valence-corrected chi connectivity index (χ4v) is 3.70. The van der Waals surface area contributed by atoms with Gasteiger partial charge in [0, 0.05) is 5.92 Å². The molecule has 0 amide bonds. The summed E-state index contributed by atoms with van der Waals surface area (Å²) >= 11 is 0. The summed E-state index contributed by atoms with van der Waals surface area (Å²) in [5.41, 5.74) is -4.59. The van der Waals surface area contributed by atoms with Gasteiger partial charge in [0.15, 0.2) is 0 Å². The molecular weight excluding hydrogens is 274 g/mol. The van der Waals surface area contributed by atoms with Gasteiger partial charge >= 0.3 is 12.4 Å². The molecule has 0 aromatic carbocycles. The van der Waals surface area contributed by atoms with Crippen molar-refractivity contribution < 1.29 is 31.4 Å². The number of hydrogen-bond donors (Lipinski definition) is 1. The lowest BCUT2D eigenvalue weighted by Crippen LogP contribution is -2.62. The lowest BCUT2D eigenvalue weighted by molar-refractivity contribution is -0.389. The highest BCUT2D eigenvalue weighted by atomic mass is 19.4. The van der Waals surface area contributed by atoms with Crippen molar-refractivity contribution in [1.29, 1.82) is 0 Å². The molecule has 4 unspecified atom stereocenters. The van der Waals surface area contributed by atoms with Gasteiger partial charge in [-0.15, -0.1) is 6.58 Å². The van der Waals surface area contributed by atoms with Gasteiger partial charge in [0.1, 0.15) is 0 Å². The van der Waals surface area contributed by atoms with Gasteiger partial charge in [-0.25, -0.2) is 0 Å². The Kier molecular flexibility index (Phi) is 3.20. The monoisotopic (exact) mass is 288 g/mol. The Hall–Kier alpha value is -0.720. The Morgan fingerprint density at radius 3 is 1.74 bits per heavy atom. The van der Waals surface area contributed by atoms with E-state index in [0.29, 0.717) is 6.42 Å². The summed E-state index contributed by atoms with van der Waals surface area (Å²) in [5.74, 6) is -2.81. The van der Waals surface area contributed by atoms with E-state index in [9.17, 15) is 31.4 Å². The molecule has 19 heavy (non-hydrogen) atoms. The second-order valence-corrected chi connectivity index (χ2v) is 5.50. The first-order valence-electron chi connectivity index (χ1n) is 6.00. The second kappa shape index (κ2) is 4.14. The maximum atomic E-state index is 12.8. The van der Waals surface area contributed by atoms with Crippen molar-refractivity contribution in [3.05, 3.63) is 12.7 Å². The van der Waals surface area contributed by atoms with E-state index in [1.54, 1.807) is 6.08 Å². The van der Waals surface area contributed by atoms with E-state index in [4.69, 9.17) is 0 Å². The maximum Gasteiger partial charge on any atom is 0.426 e. The van der Waals surface area contributed by atoms with Gasteiger partial charge in [0.2, 0.25) is 0 Å². The first-order valence-corrected chi connectivity index (χ1v) is 6.00. The van der Waals surface area contributed by atoms with Crippen LogP contribution in [0.5, 0.6) is 0 Å². The molecule has 0 spiro atoms. The van der Waals surface area contributed by atoms with Crippen molar-refractivity contribution in [3.63, 3.8) is 0 Å². The fraction of sp³-hybridized carbons (Fsp3) is 0.833. The average molecular weight is 288 g/mol. The smallest absolute Gasteiger partial charge is 0.373 e. The van der Waals surface area contributed by atoms with Crippen LogP contribution in [0.1, 0.15) is 19.3 Å². The van der Waals surface area contributed by atoms with Crippen molar-refractivity contribution in [3.8, 4) is 0 Å². The third-order valence-electron chi connectivity index (χ3n) is 4.62. The molecule has 4 atom stereocenters. The van der Waals surface area contributed by atoms with Crippen LogP contribution >= 0.6 is 0 Å². The molecule has 110 valence electrons. The van der Waals surface area contributed by atoms with Crippen LogP contribution in [0.25, 0.3) is 0 Å². The SMILES string of the molecule is C=CC1CC2CC1CC2C(O)(C(F)(F)F)C(F)(F)F. The van der Waals surface area contributed by atoms with Crippen molar-refractivity contribution in [2.24, 2.45) is 23.7 Å². The third-order valence-corrected chi connectivity index (χ3v) is 4.62. The molecule has 1 N–H and O–H groups in total.